The molecule has 0 saturated heterocycles. The van der Waals surface area contributed by atoms with Crippen LogP contribution in [0.3, 0.4) is 0 Å². The zero-order valence-electron chi connectivity index (χ0n) is 11.2. The third kappa shape index (κ3) is 2.14. The van der Waals surface area contributed by atoms with Gasteiger partial charge in [0.05, 0.1) is 11.9 Å². The highest BCUT2D eigenvalue weighted by Crippen LogP contribution is 2.26. The summed E-state index contributed by atoms with van der Waals surface area (Å²) in [5.41, 5.74) is 2.74. The van der Waals surface area contributed by atoms with E-state index in [2.05, 4.69) is 4.98 Å². The largest absolute Gasteiger partial charge is 0.274 e. The summed E-state index contributed by atoms with van der Waals surface area (Å²) in [5.74, 6) is 0.636. The Bertz CT molecular complexity index is 673. The van der Waals surface area contributed by atoms with Crippen LogP contribution in [0, 0.1) is 0 Å². The molecule has 98 valence electrons. The van der Waals surface area contributed by atoms with Crippen LogP contribution < -0.4 is 0 Å². The number of carbonyl (C=O) groups excluding carboxylic acids is 1. The molecule has 0 N–H and O–H groups in total. The van der Waals surface area contributed by atoms with E-state index in [1.54, 1.807) is 17.7 Å². The van der Waals surface area contributed by atoms with Crippen molar-refractivity contribution in [3.8, 4) is 22.6 Å². The topological polar surface area (TPSA) is 34.9 Å². The SMILES string of the molecule is CC(=O)n1c(-c2ccccc2)cnc1-c1ccccc1. The summed E-state index contributed by atoms with van der Waals surface area (Å²) >= 11 is 0. The van der Waals surface area contributed by atoms with E-state index < -0.39 is 0 Å². The molecule has 1 aromatic heterocycles. The van der Waals surface area contributed by atoms with Gasteiger partial charge < -0.3 is 0 Å². The van der Waals surface area contributed by atoms with Gasteiger partial charge in [-0.05, 0) is 0 Å². The number of rotatable bonds is 2. The van der Waals surface area contributed by atoms with E-state index in [4.69, 9.17) is 0 Å². The molecule has 0 amide bonds. The molecule has 3 nitrogen and oxygen atoms in total. The van der Waals surface area contributed by atoms with Gasteiger partial charge in [0.25, 0.3) is 0 Å². The smallest absolute Gasteiger partial charge is 0.229 e. The predicted molar refractivity (Wildman–Crippen MR) is 79.4 cm³/mol. The molecule has 0 aliphatic heterocycles. The van der Waals surface area contributed by atoms with E-state index >= 15 is 0 Å². The van der Waals surface area contributed by atoms with Crippen LogP contribution >= 0.6 is 0 Å². The van der Waals surface area contributed by atoms with Gasteiger partial charge >= 0.3 is 0 Å². The Morgan fingerprint density at radius 2 is 1.45 bits per heavy atom. The minimum Gasteiger partial charge on any atom is -0.274 e. The molecule has 0 unspecified atom stereocenters. The third-order valence-corrected chi connectivity index (χ3v) is 3.18. The Balaban J connectivity index is 2.20. The number of nitrogens with zero attached hydrogens (tertiary/aromatic N) is 2. The van der Waals surface area contributed by atoms with Gasteiger partial charge in [-0.15, -0.1) is 0 Å². The number of benzene rings is 2. The minimum absolute atomic E-state index is 0.0415. The highest BCUT2D eigenvalue weighted by Gasteiger charge is 2.15. The van der Waals surface area contributed by atoms with E-state index in [-0.39, 0.29) is 5.91 Å². The van der Waals surface area contributed by atoms with E-state index in [1.165, 1.54) is 0 Å². The van der Waals surface area contributed by atoms with Crippen molar-refractivity contribution in [3.05, 3.63) is 66.9 Å². The molecule has 20 heavy (non-hydrogen) atoms. The Morgan fingerprint density at radius 1 is 0.900 bits per heavy atom. The van der Waals surface area contributed by atoms with Crippen LogP contribution in [0.1, 0.15) is 11.7 Å². The summed E-state index contributed by atoms with van der Waals surface area (Å²) in [4.78, 5) is 16.4. The highest BCUT2D eigenvalue weighted by atomic mass is 16.1. The molecule has 0 fully saturated rings. The molecule has 3 aromatic rings. The molecule has 1 heterocycles. The number of aromatic nitrogens is 2. The number of hydrogen-bond acceptors (Lipinski definition) is 2. The second-order valence-corrected chi connectivity index (χ2v) is 4.55. The van der Waals surface area contributed by atoms with Crippen LogP contribution in [0.25, 0.3) is 22.6 Å². The number of hydrogen-bond donors (Lipinski definition) is 0. The number of imidazole rings is 1. The second-order valence-electron chi connectivity index (χ2n) is 4.55. The van der Waals surface area contributed by atoms with Gasteiger partial charge in [-0.2, -0.15) is 0 Å². The van der Waals surface area contributed by atoms with Crippen LogP contribution in [0.2, 0.25) is 0 Å². The molecular weight excluding hydrogens is 248 g/mol. The normalized spacial score (nSPS) is 10.4. The maximum Gasteiger partial charge on any atom is 0.229 e. The molecule has 0 radical (unpaired) electrons. The van der Waals surface area contributed by atoms with Gasteiger partial charge in [0.15, 0.2) is 0 Å². The van der Waals surface area contributed by atoms with Crippen LogP contribution in [-0.4, -0.2) is 15.5 Å². The lowest BCUT2D eigenvalue weighted by molar-refractivity contribution is 0.0940. The average molecular weight is 262 g/mol. The Hall–Kier alpha value is -2.68. The second kappa shape index (κ2) is 5.13. The monoisotopic (exact) mass is 262 g/mol. The van der Waals surface area contributed by atoms with Crippen molar-refractivity contribution in [2.45, 2.75) is 6.92 Å². The summed E-state index contributed by atoms with van der Waals surface area (Å²) in [6.45, 7) is 1.56. The number of carbonyl (C=O) groups is 1. The van der Waals surface area contributed by atoms with Crippen molar-refractivity contribution in [1.29, 1.82) is 0 Å². The molecular formula is C17H14N2O. The Morgan fingerprint density at radius 3 is 2.00 bits per heavy atom. The molecule has 0 atom stereocenters. The Labute approximate surface area is 117 Å². The molecule has 3 heteroatoms. The van der Waals surface area contributed by atoms with Gasteiger partial charge in [0.2, 0.25) is 5.91 Å². The quantitative estimate of drug-likeness (QED) is 0.702. The molecule has 0 aliphatic rings. The zero-order chi connectivity index (χ0) is 13.9. The van der Waals surface area contributed by atoms with Crippen molar-refractivity contribution in [3.63, 3.8) is 0 Å². The van der Waals surface area contributed by atoms with Crippen LogP contribution in [0.15, 0.2) is 66.9 Å². The lowest BCUT2D eigenvalue weighted by Gasteiger charge is -2.08. The standard InChI is InChI=1S/C17H14N2O/c1-13(20)19-16(14-8-4-2-5-9-14)12-18-17(19)15-10-6-3-7-11-15/h2-12H,1H3. The van der Waals surface area contributed by atoms with E-state index in [9.17, 15) is 4.79 Å². The van der Waals surface area contributed by atoms with E-state index in [0.717, 1.165) is 16.8 Å². The van der Waals surface area contributed by atoms with Crippen LogP contribution in [0.5, 0.6) is 0 Å². The average Bonchev–Trinajstić information content (AvgIpc) is 2.94. The van der Waals surface area contributed by atoms with Crippen molar-refractivity contribution in [2.75, 3.05) is 0 Å². The first kappa shape index (κ1) is 12.4. The van der Waals surface area contributed by atoms with Gasteiger partial charge in [0.1, 0.15) is 5.82 Å². The highest BCUT2D eigenvalue weighted by molar-refractivity contribution is 5.86. The summed E-state index contributed by atoms with van der Waals surface area (Å²) in [6, 6.07) is 19.6. The lowest BCUT2D eigenvalue weighted by atomic mass is 10.1. The fourth-order valence-electron chi connectivity index (χ4n) is 2.27. The lowest BCUT2D eigenvalue weighted by Crippen LogP contribution is -2.09. The van der Waals surface area contributed by atoms with Crippen LogP contribution in [-0.2, 0) is 0 Å². The first-order valence-corrected chi connectivity index (χ1v) is 6.47. The third-order valence-electron chi connectivity index (χ3n) is 3.18. The maximum atomic E-state index is 12.0. The van der Waals surface area contributed by atoms with E-state index in [1.807, 2.05) is 60.7 Å². The first-order valence-electron chi connectivity index (χ1n) is 6.47. The predicted octanol–water partition coefficient (Wildman–Crippen LogP) is 3.88. The van der Waals surface area contributed by atoms with Gasteiger partial charge in [-0.3, -0.25) is 9.36 Å². The van der Waals surface area contributed by atoms with Crippen molar-refractivity contribution in [2.24, 2.45) is 0 Å². The summed E-state index contributed by atoms with van der Waals surface area (Å²) in [6.07, 6.45) is 1.75. The molecule has 0 saturated carbocycles. The summed E-state index contributed by atoms with van der Waals surface area (Å²) in [5, 5.41) is 0. The molecule has 0 spiro atoms. The fraction of sp³-hybridized carbons (Fsp3) is 0.0588. The van der Waals surface area contributed by atoms with Crippen molar-refractivity contribution < 1.29 is 4.79 Å². The molecule has 2 aromatic carbocycles. The zero-order valence-corrected chi connectivity index (χ0v) is 11.2. The van der Waals surface area contributed by atoms with E-state index in [0.29, 0.717) is 5.82 Å². The van der Waals surface area contributed by atoms with Gasteiger partial charge in [-0.25, -0.2) is 4.98 Å². The fourth-order valence-corrected chi connectivity index (χ4v) is 2.27. The molecule has 0 aliphatic carbocycles. The van der Waals surface area contributed by atoms with Crippen molar-refractivity contribution >= 4 is 5.91 Å². The van der Waals surface area contributed by atoms with Crippen molar-refractivity contribution in [1.82, 2.24) is 9.55 Å². The van der Waals surface area contributed by atoms with Gasteiger partial charge in [0, 0.05) is 18.1 Å². The summed E-state index contributed by atoms with van der Waals surface area (Å²) < 4.78 is 1.66. The minimum atomic E-state index is -0.0415. The summed E-state index contributed by atoms with van der Waals surface area (Å²) in [7, 11) is 0. The Kier molecular flexibility index (Phi) is 3.17. The molecule has 3 rings (SSSR count). The first-order chi connectivity index (χ1) is 9.77. The van der Waals surface area contributed by atoms with Crippen LogP contribution in [0.4, 0.5) is 0 Å². The maximum absolute atomic E-state index is 12.0. The van der Waals surface area contributed by atoms with Gasteiger partial charge in [-0.1, -0.05) is 60.7 Å². The molecule has 0 bridgehead atoms.